The van der Waals surface area contributed by atoms with E-state index >= 15 is 0 Å². The van der Waals surface area contributed by atoms with Crippen LogP contribution in [0.1, 0.15) is 48.9 Å². The van der Waals surface area contributed by atoms with Gasteiger partial charge in [-0.25, -0.2) is 4.68 Å². The van der Waals surface area contributed by atoms with Gasteiger partial charge in [0.2, 0.25) is 11.1 Å². The third-order valence-electron chi connectivity index (χ3n) is 5.81. The first-order valence-electron chi connectivity index (χ1n) is 11.0. The van der Waals surface area contributed by atoms with Crippen molar-refractivity contribution in [2.24, 2.45) is 0 Å². The van der Waals surface area contributed by atoms with Crippen molar-refractivity contribution in [3.05, 3.63) is 76.5 Å². The van der Waals surface area contributed by atoms with Gasteiger partial charge in [-0.05, 0) is 38.3 Å². The van der Waals surface area contributed by atoms with Crippen molar-refractivity contribution in [1.82, 2.24) is 14.8 Å². The van der Waals surface area contributed by atoms with Crippen LogP contribution in [0.25, 0.3) is 0 Å². The van der Waals surface area contributed by atoms with Gasteiger partial charge in [-0.1, -0.05) is 59.8 Å². The summed E-state index contributed by atoms with van der Waals surface area (Å²) in [6, 6.07) is 16.1. The van der Waals surface area contributed by atoms with E-state index < -0.39 is 0 Å². The summed E-state index contributed by atoms with van der Waals surface area (Å²) < 4.78 is 7.78. The van der Waals surface area contributed by atoms with Crippen LogP contribution in [0, 0.1) is 6.92 Å². The summed E-state index contributed by atoms with van der Waals surface area (Å²) in [5, 5.41) is 8.93. The molecule has 0 spiro atoms. The van der Waals surface area contributed by atoms with Crippen LogP contribution in [0.4, 0.5) is 5.95 Å². The molecule has 1 aromatic heterocycles. The lowest BCUT2D eigenvalue weighted by molar-refractivity contribution is -0.116. The Bertz CT molecular complexity index is 1200. The number of ketones is 1. The molecule has 2 aromatic carbocycles. The number of aromatic nitrogens is 3. The number of anilines is 1. The van der Waals surface area contributed by atoms with E-state index in [2.05, 4.69) is 36.5 Å². The molecule has 2 aliphatic rings. The van der Waals surface area contributed by atoms with Crippen LogP contribution in [0.15, 0.2) is 65.0 Å². The first kappa shape index (κ1) is 20.8. The maximum atomic E-state index is 13.0. The van der Waals surface area contributed by atoms with E-state index in [1.807, 2.05) is 35.9 Å². The van der Waals surface area contributed by atoms with Gasteiger partial charge in [0.15, 0.2) is 5.78 Å². The predicted octanol–water partition coefficient (Wildman–Crippen LogP) is 5.30. The van der Waals surface area contributed by atoms with Crippen molar-refractivity contribution < 1.29 is 9.53 Å². The number of aryl methyl sites for hydroxylation is 1. The monoisotopic (exact) mass is 446 g/mol. The minimum absolute atomic E-state index is 0.171. The fourth-order valence-corrected chi connectivity index (χ4v) is 5.20. The third-order valence-corrected chi connectivity index (χ3v) is 6.72. The lowest BCUT2D eigenvalue weighted by Crippen LogP contribution is -2.31. The van der Waals surface area contributed by atoms with E-state index in [0.717, 1.165) is 41.2 Å². The summed E-state index contributed by atoms with van der Waals surface area (Å²) in [6.07, 6.45) is 2.26. The standard InChI is InChI=1S/C25H26N4O2S/c1-3-31-21-13-5-4-10-18(21)23-22-19(11-7-12-20(22)30)26-24-27-25(28-29(23)24)32-15-17-9-6-8-16(2)14-17/h4-6,8-10,13-14,23H,3,7,11-12,15H2,1-2H3,(H,26,27,28)/t23-/m0/s1. The van der Waals surface area contributed by atoms with Crippen LogP contribution < -0.4 is 10.1 Å². The van der Waals surface area contributed by atoms with Gasteiger partial charge in [-0.3, -0.25) is 4.79 Å². The minimum Gasteiger partial charge on any atom is -0.494 e. The van der Waals surface area contributed by atoms with Crippen molar-refractivity contribution in [3.63, 3.8) is 0 Å². The van der Waals surface area contributed by atoms with Crippen molar-refractivity contribution >= 4 is 23.5 Å². The van der Waals surface area contributed by atoms with E-state index in [1.165, 1.54) is 11.1 Å². The summed E-state index contributed by atoms with van der Waals surface area (Å²) in [7, 11) is 0. The second-order valence-corrected chi connectivity index (χ2v) is 9.05. The van der Waals surface area contributed by atoms with E-state index in [1.54, 1.807) is 11.8 Å². The molecule has 164 valence electrons. The predicted molar refractivity (Wildman–Crippen MR) is 126 cm³/mol. The number of carbonyl (C=O) groups is 1. The molecule has 2 heterocycles. The molecule has 1 aliphatic heterocycles. The van der Waals surface area contributed by atoms with Gasteiger partial charge in [0.1, 0.15) is 11.8 Å². The van der Waals surface area contributed by atoms with Gasteiger partial charge < -0.3 is 10.1 Å². The summed E-state index contributed by atoms with van der Waals surface area (Å²) in [5.74, 6) is 2.42. The molecule has 0 saturated carbocycles. The largest absolute Gasteiger partial charge is 0.494 e. The number of allylic oxidation sites excluding steroid dienone is 2. The minimum atomic E-state index is -0.336. The fourth-order valence-electron chi connectivity index (χ4n) is 4.43. The molecule has 6 nitrogen and oxygen atoms in total. The molecular formula is C25H26N4O2S. The van der Waals surface area contributed by atoms with Crippen molar-refractivity contribution in [2.75, 3.05) is 11.9 Å². The zero-order valence-corrected chi connectivity index (χ0v) is 19.1. The number of carbonyl (C=O) groups excluding carboxylic acids is 1. The average Bonchev–Trinajstić information content (AvgIpc) is 3.20. The quantitative estimate of drug-likeness (QED) is 0.518. The summed E-state index contributed by atoms with van der Waals surface area (Å²) in [6.45, 7) is 4.62. The molecule has 0 unspecified atom stereocenters. The van der Waals surface area contributed by atoms with Gasteiger partial charge in [-0.2, -0.15) is 4.98 Å². The summed E-state index contributed by atoms with van der Waals surface area (Å²) in [4.78, 5) is 17.8. The number of nitrogens with one attached hydrogen (secondary N) is 1. The number of rotatable bonds is 6. The van der Waals surface area contributed by atoms with Crippen molar-refractivity contribution in [2.45, 2.75) is 50.1 Å². The molecule has 1 N–H and O–H groups in total. The van der Waals surface area contributed by atoms with Gasteiger partial charge in [0.05, 0.1) is 6.61 Å². The highest BCUT2D eigenvalue weighted by Gasteiger charge is 2.38. The van der Waals surface area contributed by atoms with Gasteiger partial charge in [-0.15, -0.1) is 5.10 Å². The van der Waals surface area contributed by atoms with E-state index in [0.29, 0.717) is 24.1 Å². The maximum absolute atomic E-state index is 13.0. The van der Waals surface area contributed by atoms with E-state index in [4.69, 9.17) is 14.8 Å². The number of hydrogen-bond donors (Lipinski definition) is 1. The Morgan fingerprint density at radius 2 is 2.06 bits per heavy atom. The van der Waals surface area contributed by atoms with E-state index in [-0.39, 0.29) is 11.8 Å². The lowest BCUT2D eigenvalue weighted by atomic mass is 9.85. The zero-order chi connectivity index (χ0) is 22.1. The Morgan fingerprint density at radius 1 is 1.19 bits per heavy atom. The number of nitrogens with zero attached hydrogens (tertiary/aromatic N) is 3. The highest BCUT2D eigenvalue weighted by molar-refractivity contribution is 7.98. The average molecular weight is 447 g/mol. The molecule has 7 heteroatoms. The Labute approximate surface area is 192 Å². The molecule has 32 heavy (non-hydrogen) atoms. The molecular weight excluding hydrogens is 420 g/mol. The van der Waals surface area contributed by atoms with E-state index in [9.17, 15) is 4.79 Å². The Balaban J connectivity index is 1.53. The Kier molecular flexibility index (Phi) is 5.74. The van der Waals surface area contributed by atoms with Crippen LogP contribution in [0.2, 0.25) is 0 Å². The van der Waals surface area contributed by atoms with Gasteiger partial charge >= 0.3 is 0 Å². The maximum Gasteiger partial charge on any atom is 0.227 e. The number of fused-ring (bicyclic) bond motifs is 1. The van der Waals surface area contributed by atoms with Gasteiger partial charge in [0, 0.05) is 29.0 Å². The van der Waals surface area contributed by atoms with Crippen LogP contribution in [-0.4, -0.2) is 27.2 Å². The Hall–Kier alpha value is -3.06. The molecule has 0 radical (unpaired) electrons. The topological polar surface area (TPSA) is 69.0 Å². The van der Waals surface area contributed by atoms with Gasteiger partial charge in [0.25, 0.3) is 0 Å². The number of ether oxygens (including phenoxy) is 1. The molecule has 0 amide bonds. The lowest BCUT2D eigenvalue weighted by Gasteiger charge is -2.32. The molecule has 0 bridgehead atoms. The molecule has 0 fully saturated rings. The summed E-state index contributed by atoms with van der Waals surface area (Å²) >= 11 is 1.60. The fraction of sp³-hybridized carbons (Fsp3) is 0.320. The number of benzene rings is 2. The SMILES string of the molecule is CCOc1ccccc1[C@H]1C2=C(CCCC2=O)Nc2nc(SCc3cccc(C)c3)nn21. The first-order valence-corrected chi connectivity index (χ1v) is 12.0. The van der Waals surface area contributed by atoms with Crippen molar-refractivity contribution in [1.29, 1.82) is 0 Å². The molecule has 1 aliphatic carbocycles. The number of Topliss-reactive ketones (excluding diaryl/α,β-unsaturated/α-hetero) is 1. The summed E-state index contributed by atoms with van der Waals surface area (Å²) in [5.41, 5.74) is 5.18. The number of thioether (sulfide) groups is 1. The van der Waals surface area contributed by atoms with Crippen LogP contribution in [-0.2, 0) is 10.5 Å². The molecule has 0 saturated heterocycles. The third kappa shape index (κ3) is 3.93. The Morgan fingerprint density at radius 3 is 2.91 bits per heavy atom. The first-order chi connectivity index (χ1) is 15.6. The second kappa shape index (κ2) is 8.82. The smallest absolute Gasteiger partial charge is 0.227 e. The highest BCUT2D eigenvalue weighted by Crippen LogP contribution is 2.43. The second-order valence-electron chi connectivity index (χ2n) is 8.11. The van der Waals surface area contributed by atoms with Crippen LogP contribution >= 0.6 is 11.8 Å². The number of hydrogen-bond acceptors (Lipinski definition) is 6. The number of para-hydroxylation sites is 1. The van der Waals surface area contributed by atoms with Crippen molar-refractivity contribution in [3.8, 4) is 5.75 Å². The normalized spacial score (nSPS) is 17.6. The molecule has 5 rings (SSSR count). The molecule has 1 atom stereocenters. The molecule has 3 aromatic rings. The zero-order valence-electron chi connectivity index (χ0n) is 18.3. The van der Waals surface area contributed by atoms with Crippen LogP contribution in [0.5, 0.6) is 5.75 Å². The highest BCUT2D eigenvalue weighted by atomic mass is 32.2. The van der Waals surface area contributed by atoms with Crippen LogP contribution in [0.3, 0.4) is 0 Å².